The van der Waals surface area contributed by atoms with Crippen LogP contribution in [-0.2, 0) is 0 Å². The van der Waals surface area contributed by atoms with Crippen molar-refractivity contribution >= 4 is 39.9 Å². The smallest absolute Gasteiger partial charge is 0.258 e. The molecule has 0 spiro atoms. The summed E-state index contributed by atoms with van der Waals surface area (Å²) >= 11 is 6.70. The summed E-state index contributed by atoms with van der Waals surface area (Å²) in [5, 5.41) is 6.53. The molecule has 8 nitrogen and oxygen atoms in total. The number of benzene rings is 1. The number of thiophene rings is 1. The largest absolute Gasteiger partial charge is 0.365 e. The lowest BCUT2D eigenvalue weighted by atomic mass is 10.2. The van der Waals surface area contributed by atoms with Crippen LogP contribution in [0, 0.1) is 5.82 Å². The van der Waals surface area contributed by atoms with Crippen molar-refractivity contribution in [2.24, 2.45) is 5.73 Å². The number of primary amides is 1. The van der Waals surface area contributed by atoms with Gasteiger partial charge in [0.1, 0.15) is 23.7 Å². The van der Waals surface area contributed by atoms with Crippen molar-refractivity contribution in [1.29, 1.82) is 0 Å². The van der Waals surface area contributed by atoms with Crippen molar-refractivity contribution in [2.45, 2.75) is 44.9 Å². The topological polar surface area (TPSA) is 126 Å². The molecule has 1 aliphatic rings. The van der Waals surface area contributed by atoms with Crippen molar-refractivity contribution in [3.05, 3.63) is 70.0 Å². The predicted molar refractivity (Wildman–Crippen MR) is 145 cm³/mol. The van der Waals surface area contributed by atoms with Gasteiger partial charge in [-0.05, 0) is 30.3 Å². The maximum atomic E-state index is 13.8. The average Bonchev–Trinajstić information content (AvgIpc) is 3.62. The van der Waals surface area contributed by atoms with Gasteiger partial charge in [-0.1, -0.05) is 68.7 Å². The lowest BCUT2D eigenvalue weighted by Gasteiger charge is -1.96. The van der Waals surface area contributed by atoms with Crippen molar-refractivity contribution in [2.75, 3.05) is 0 Å². The van der Waals surface area contributed by atoms with Crippen LogP contribution < -0.4 is 5.73 Å². The first kappa shape index (κ1) is 26.4. The van der Waals surface area contributed by atoms with E-state index in [1.165, 1.54) is 68.7 Å². The summed E-state index contributed by atoms with van der Waals surface area (Å²) in [7, 11) is 0. The molecule has 0 bridgehead atoms. The predicted octanol–water partition coefficient (Wildman–Crippen LogP) is 6.78. The lowest BCUT2D eigenvalue weighted by molar-refractivity contribution is 0.100. The Balaban J connectivity index is 0.000000164. The minimum Gasteiger partial charge on any atom is -0.365 e. The molecule has 37 heavy (non-hydrogen) atoms. The Morgan fingerprint density at radius 2 is 1.68 bits per heavy atom. The number of nitrogens with zero attached hydrogens (tertiary/aromatic N) is 4. The van der Waals surface area contributed by atoms with E-state index in [4.69, 9.17) is 17.3 Å². The van der Waals surface area contributed by atoms with Crippen LogP contribution in [0.1, 0.15) is 54.6 Å². The van der Waals surface area contributed by atoms with Gasteiger partial charge in [0.25, 0.3) is 5.91 Å². The van der Waals surface area contributed by atoms with Gasteiger partial charge in [0.05, 0.1) is 32.0 Å². The van der Waals surface area contributed by atoms with Crippen molar-refractivity contribution in [3.8, 4) is 22.9 Å². The first-order valence-corrected chi connectivity index (χ1v) is 13.2. The van der Waals surface area contributed by atoms with E-state index in [1.54, 1.807) is 42.6 Å². The van der Waals surface area contributed by atoms with E-state index in [0.29, 0.717) is 37.6 Å². The number of halogens is 2. The van der Waals surface area contributed by atoms with Gasteiger partial charge < -0.3 is 10.7 Å². The van der Waals surface area contributed by atoms with Gasteiger partial charge in [0.15, 0.2) is 5.82 Å². The van der Waals surface area contributed by atoms with Crippen LogP contribution in [0.2, 0.25) is 4.34 Å². The van der Waals surface area contributed by atoms with E-state index in [-0.39, 0.29) is 5.82 Å². The van der Waals surface area contributed by atoms with Crippen LogP contribution in [0.5, 0.6) is 0 Å². The number of amides is 1. The molecule has 1 fully saturated rings. The Hall–Kier alpha value is -3.63. The Kier molecular flexibility index (Phi) is 9.34. The number of hydrogen-bond acceptors (Lipinski definition) is 6. The summed E-state index contributed by atoms with van der Waals surface area (Å²) in [5.74, 6) is 0.291. The third-order valence-corrected chi connectivity index (χ3v) is 6.97. The highest BCUT2D eigenvalue weighted by Crippen LogP contribution is 2.24. The van der Waals surface area contributed by atoms with E-state index >= 15 is 0 Å². The number of nitrogens with two attached hydrogens (primary N) is 1. The number of aromatic amines is 2. The Labute approximate surface area is 222 Å². The molecule has 5 aromatic rings. The van der Waals surface area contributed by atoms with Gasteiger partial charge in [-0.15, -0.1) is 11.3 Å². The van der Waals surface area contributed by atoms with Gasteiger partial charge in [-0.2, -0.15) is 5.10 Å². The monoisotopic (exact) mass is 539 g/mol. The second-order valence-electron chi connectivity index (χ2n) is 8.43. The zero-order chi connectivity index (χ0) is 26.0. The molecule has 4 N–H and O–H groups in total. The quantitative estimate of drug-likeness (QED) is 0.218. The number of H-pyrrole nitrogens is 2. The summed E-state index contributed by atoms with van der Waals surface area (Å²) in [6.45, 7) is 0. The van der Waals surface area contributed by atoms with Gasteiger partial charge in [0, 0.05) is 0 Å². The third-order valence-electron chi connectivity index (χ3n) is 5.72. The van der Waals surface area contributed by atoms with Crippen molar-refractivity contribution in [1.82, 2.24) is 30.1 Å². The Morgan fingerprint density at radius 3 is 2.22 bits per heavy atom. The fourth-order valence-electron chi connectivity index (χ4n) is 3.83. The highest BCUT2D eigenvalue weighted by Gasteiger charge is 2.11. The normalized spacial score (nSPS) is 13.1. The number of imidazole rings is 1. The molecule has 11 heteroatoms. The average molecular weight is 540 g/mol. The molecule has 0 saturated heterocycles. The van der Waals surface area contributed by atoms with Crippen LogP contribution >= 0.6 is 22.9 Å². The molecule has 1 saturated carbocycles. The number of aromatic nitrogens is 6. The first-order valence-electron chi connectivity index (χ1n) is 12.0. The minimum atomic E-state index is -0.424. The molecular weight excluding hydrogens is 513 g/mol. The van der Waals surface area contributed by atoms with E-state index < -0.39 is 5.91 Å². The van der Waals surface area contributed by atoms with Gasteiger partial charge >= 0.3 is 0 Å². The van der Waals surface area contributed by atoms with E-state index in [2.05, 4.69) is 30.1 Å². The number of hydrogen-bond donors (Lipinski definition) is 3. The fourth-order valence-corrected chi connectivity index (χ4v) is 4.73. The maximum absolute atomic E-state index is 13.8. The minimum absolute atomic E-state index is 0.319. The zero-order valence-electron chi connectivity index (χ0n) is 20.1. The number of carbonyl (C=O) groups excluding carboxylic acids is 1. The highest BCUT2D eigenvalue weighted by molar-refractivity contribution is 7.17. The van der Waals surface area contributed by atoms with Crippen LogP contribution in [0.25, 0.3) is 33.9 Å². The SMILES string of the molecule is C1CCCCCC1.Fc1ccccc1-c1nc2cc(-c3ncn[nH]3)ncc2[nH]1.NC(=O)c1ccc(Cl)s1. The van der Waals surface area contributed by atoms with Crippen LogP contribution in [0.3, 0.4) is 0 Å². The number of carbonyl (C=O) groups is 1. The maximum Gasteiger partial charge on any atom is 0.258 e. The summed E-state index contributed by atoms with van der Waals surface area (Å²) in [6, 6.07) is 11.5. The highest BCUT2D eigenvalue weighted by atomic mass is 35.5. The van der Waals surface area contributed by atoms with E-state index in [9.17, 15) is 9.18 Å². The molecule has 1 amide bonds. The van der Waals surface area contributed by atoms with E-state index in [0.717, 1.165) is 5.52 Å². The van der Waals surface area contributed by atoms with Crippen molar-refractivity contribution in [3.63, 3.8) is 0 Å². The molecule has 1 aromatic carbocycles. The first-order chi connectivity index (χ1) is 18.0. The van der Waals surface area contributed by atoms with Crippen LogP contribution in [-0.4, -0.2) is 36.0 Å². The summed E-state index contributed by atoms with van der Waals surface area (Å²) in [5.41, 5.74) is 7.42. The Morgan fingerprint density at radius 1 is 0.973 bits per heavy atom. The second-order valence-corrected chi connectivity index (χ2v) is 10.1. The Bertz CT molecular complexity index is 1410. The summed E-state index contributed by atoms with van der Waals surface area (Å²) in [6.07, 6.45) is 13.6. The summed E-state index contributed by atoms with van der Waals surface area (Å²) < 4.78 is 14.4. The van der Waals surface area contributed by atoms with E-state index in [1.807, 2.05) is 0 Å². The van der Waals surface area contributed by atoms with Crippen LogP contribution in [0.15, 0.2) is 55.0 Å². The molecule has 192 valence electrons. The number of nitrogens with one attached hydrogen (secondary N) is 2. The molecule has 1 aliphatic carbocycles. The van der Waals surface area contributed by atoms with Gasteiger partial charge in [0.2, 0.25) is 0 Å². The lowest BCUT2D eigenvalue weighted by Crippen LogP contribution is -2.07. The number of fused-ring (bicyclic) bond motifs is 1. The second kappa shape index (κ2) is 13.1. The molecule has 0 radical (unpaired) electrons. The molecule has 4 aromatic heterocycles. The van der Waals surface area contributed by atoms with Gasteiger partial charge in [-0.25, -0.2) is 14.4 Å². The van der Waals surface area contributed by atoms with Crippen molar-refractivity contribution < 1.29 is 9.18 Å². The van der Waals surface area contributed by atoms with Gasteiger partial charge in [-0.3, -0.25) is 14.9 Å². The molecule has 4 heterocycles. The molecule has 0 unspecified atom stereocenters. The zero-order valence-corrected chi connectivity index (χ0v) is 21.7. The summed E-state index contributed by atoms with van der Waals surface area (Å²) in [4.78, 5) is 26.7. The standard InChI is InChI=1S/C14H9FN6.C7H14.C5H4ClNOS/c15-9-4-2-1-3-8(9)13-19-10-5-11(14-17-7-18-21-14)16-6-12(10)20-13;1-2-4-6-7-5-3-1;6-4-2-1-3(9-4)5(7)8/h1-7H,(H,19,20)(H,17,18,21);1-7H2;1-2H,(H2,7,8). The van der Waals surface area contributed by atoms with Crippen LogP contribution in [0.4, 0.5) is 4.39 Å². The molecule has 0 aliphatic heterocycles. The molecule has 6 rings (SSSR count). The number of rotatable bonds is 3. The molecular formula is C26H27ClFN7OS. The fraction of sp³-hybridized carbons (Fsp3) is 0.269. The molecule has 0 atom stereocenters. The third kappa shape index (κ3) is 7.43. The number of pyridine rings is 1.